The SMILES string of the molecule is CCNC(=NCC1CC1)NCCS(=O)c1ccccc1. The molecule has 2 rings (SSSR count). The van der Waals surface area contributed by atoms with E-state index in [0.717, 1.165) is 29.9 Å². The van der Waals surface area contributed by atoms with E-state index < -0.39 is 10.8 Å². The van der Waals surface area contributed by atoms with E-state index in [1.165, 1.54) is 12.8 Å². The zero-order chi connectivity index (χ0) is 14.2. The number of benzene rings is 1. The van der Waals surface area contributed by atoms with Crippen LogP contribution >= 0.6 is 0 Å². The van der Waals surface area contributed by atoms with E-state index in [9.17, 15) is 4.21 Å². The quantitative estimate of drug-likeness (QED) is 0.595. The van der Waals surface area contributed by atoms with E-state index in [4.69, 9.17) is 0 Å². The molecule has 110 valence electrons. The predicted molar refractivity (Wildman–Crippen MR) is 84.4 cm³/mol. The first-order valence-electron chi connectivity index (χ1n) is 7.25. The molecule has 0 saturated heterocycles. The van der Waals surface area contributed by atoms with Crippen molar-refractivity contribution in [1.29, 1.82) is 0 Å². The lowest BCUT2D eigenvalue weighted by Gasteiger charge is -2.11. The number of rotatable bonds is 7. The Morgan fingerprint density at radius 1 is 1.30 bits per heavy atom. The van der Waals surface area contributed by atoms with Gasteiger partial charge >= 0.3 is 0 Å². The fraction of sp³-hybridized carbons (Fsp3) is 0.533. The average Bonchev–Trinajstić information content (AvgIpc) is 3.30. The number of hydrogen-bond acceptors (Lipinski definition) is 2. The Bertz CT molecular complexity index is 457. The van der Waals surface area contributed by atoms with Crippen molar-refractivity contribution in [3.63, 3.8) is 0 Å². The molecule has 0 aromatic heterocycles. The van der Waals surface area contributed by atoms with E-state index in [0.29, 0.717) is 12.3 Å². The smallest absolute Gasteiger partial charge is 0.191 e. The van der Waals surface area contributed by atoms with E-state index in [1.54, 1.807) is 0 Å². The molecule has 1 unspecified atom stereocenters. The Kier molecular flexibility index (Phi) is 6.05. The monoisotopic (exact) mass is 293 g/mol. The van der Waals surface area contributed by atoms with Crippen molar-refractivity contribution in [2.45, 2.75) is 24.7 Å². The van der Waals surface area contributed by atoms with Crippen LogP contribution in [0, 0.1) is 5.92 Å². The highest BCUT2D eigenvalue weighted by atomic mass is 32.2. The molecule has 4 nitrogen and oxygen atoms in total. The molecule has 0 bridgehead atoms. The second-order valence-electron chi connectivity index (χ2n) is 4.95. The molecule has 1 atom stereocenters. The second-order valence-corrected chi connectivity index (χ2v) is 6.52. The topological polar surface area (TPSA) is 53.5 Å². The number of guanidine groups is 1. The number of nitrogens with zero attached hydrogens (tertiary/aromatic N) is 1. The molecule has 2 N–H and O–H groups in total. The van der Waals surface area contributed by atoms with Gasteiger partial charge in [-0.1, -0.05) is 18.2 Å². The molecular weight excluding hydrogens is 270 g/mol. The van der Waals surface area contributed by atoms with Crippen LogP contribution in [0.15, 0.2) is 40.2 Å². The van der Waals surface area contributed by atoms with Crippen LogP contribution in [0.25, 0.3) is 0 Å². The molecule has 1 saturated carbocycles. The highest BCUT2D eigenvalue weighted by Crippen LogP contribution is 2.28. The van der Waals surface area contributed by atoms with Crippen molar-refractivity contribution >= 4 is 16.8 Å². The fourth-order valence-corrected chi connectivity index (χ4v) is 2.80. The summed E-state index contributed by atoms with van der Waals surface area (Å²) in [6, 6.07) is 9.58. The van der Waals surface area contributed by atoms with Gasteiger partial charge in [-0.3, -0.25) is 9.20 Å². The molecule has 0 spiro atoms. The summed E-state index contributed by atoms with van der Waals surface area (Å²) in [4.78, 5) is 5.42. The Balaban J connectivity index is 1.74. The molecule has 0 amide bonds. The van der Waals surface area contributed by atoms with Gasteiger partial charge in [-0.15, -0.1) is 0 Å². The lowest BCUT2D eigenvalue weighted by Crippen LogP contribution is -2.39. The minimum absolute atomic E-state index is 0.595. The lowest BCUT2D eigenvalue weighted by molar-refractivity contribution is 0.681. The van der Waals surface area contributed by atoms with Crippen molar-refractivity contribution in [1.82, 2.24) is 10.6 Å². The third-order valence-electron chi connectivity index (χ3n) is 3.13. The summed E-state index contributed by atoms with van der Waals surface area (Å²) in [6.07, 6.45) is 2.61. The van der Waals surface area contributed by atoms with Gasteiger partial charge in [-0.25, -0.2) is 0 Å². The maximum atomic E-state index is 12.1. The molecule has 1 fully saturated rings. The van der Waals surface area contributed by atoms with Gasteiger partial charge in [0, 0.05) is 30.3 Å². The Hall–Kier alpha value is -1.36. The second kappa shape index (κ2) is 8.04. The van der Waals surface area contributed by atoms with E-state index in [-0.39, 0.29) is 0 Å². The molecule has 20 heavy (non-hydrogen) atoms. The lowest BCUT2D eigenvalue weighted by atomic mass is 10.4. The molecule has 0 aliphatic heterocycles. The molecular formula is C15H23N3OS. The first-order valence-corrected chi connectivity index (χ1v) is 8.57. The molecule has 0 heterocycles. The summed E-state index contributed by atoms with van der Waals surface area (Å²) in [5, 5.41) is 6.47. The van der Waals surface area contributed by atoms with Crippen LogP contribution in [0.3, 0.4) is 0 Å². The Morgan fingerprint density at radius 2 is 2.05 bits per heavy atom. The third-order valence-corrected chi connectivity index (χ3v) is 4.51. The zero-order valence-electron chi connectivity index (χ0n) is 12.0. The maximum absolute atomic E-state index is 12.1. The summed E-state index contributed by atoms with van der Waals surface area (Å²) in [5.74, 6) is 2.21. The van der Waals surface area contributed by atoms with Crippen molar-refractivity contribution < 1.29 is 4.21 Å². The van der Waals surface area contributed by atoms with Crippen LogP contribution in [0.2, 0.25) is 0 Å². The first kappa shape index (κ1) is 15.0. The Labute approximate surface area is 123 Å². The maximum Gasteiger partial charge on any atom is 0.191 e. The van der Waals surface area contributed by atoms with Gasteiger partial charge in [0.25, 0.3) is 0 Å². The van der Waals surface area contributed by atoms with Gasteiger partial charge in [0.1, 0.15) is 0 Å². The minimum Gasteiger partial charge on any atom is -0.357 e. The fourth-order valence-electron chi connectivity index (χ4n) is 1.81. The van der Waals surface area contributed by atoms with Crippen LogP contribution in [-0.4, -0.2) is 35.6 Å². The summed E-state index contributed by atoms with van der Waals surface area (Å²) < 4.78 is 12.1. The Morgan fingerprint density at radius 3 is 2.70 bits per heavy atom. The first-order chi connectivity index (χ1) is 9.79. The van der Waals surface area contributed by atoms with E-state index in [2.05, 4.69) is 22.5 Å². The van der Waals surface area contributed by atoms with E-state index in [1.807, 2.05) is 30.3 Å². The van der Waals surface area contributed by atoms with Crippen LogP contribution < -0.4 is 10.6 Å². The summed E-state index contributed by atoms with van der Waals surface area (Å²) in [6.45, 7) is 4.46. The molecule has 1 aromatic rings. The van der Waals surface area contributed by atoms with Crippen molar-refractivity contribution in [2.24, 2.45) is 10.9 Å². The van der Waals surface area contributed by atoms with Gasteiger partial charge in [0.2, 0.25) is 0 Å². The van der Waals surface area contributed by atoms with Crippen LogP contribution in [-0.2, 0) is 10.8 Å². The number of aliphatic imine (C=N–C) groups is 1. The molecule has 5 heteroatoms. The highest BCUT2D eigenvalue weighted by molar-refractivity contribution is 7.85. The normalized spacial score (nSPS) is 16.8. The minimum atomic E-state index is -0.949. The van der Waals surface area contributed by atoms with E-state index >= 15 is 0 Å². The van der Waals surface area contributed by atoms with Crippen LogP contribution in [0.4, 0.5) is 0 Å². The number of nitrogens with one attached hydrogen (secondary N) is 2. The van der Waals surface area contributed by atoms with Gasteiger partial charge in [-0.2, -0.15) is 0 Å². The van der Waals surface area contributed by atoms with Crippen molar-refractivity contribution in [3.05, 3.63) is 30.3 Å². The largest absolute Gasteiger partial charge is 0.357 e. The zero-order valence-corrected chi connectivity index (χ0v) is 12.8. The highest BCUT2D eigenvalue weighted by Gasteiger charge is 2.20. The van der Waals surface area contributed by atoms with Gasteiger partial charge in [0.15, 0.2) is 5.96 Å². The molecule has 1 aromatic carbocycles. The van der Waals surface area contributed by atoms with Crippen molar-refractivity contribution in [2.75, 3.05) is 25.4 Å². The summed E-state index contributed by atoms with van der Waals surface area (Å²) in [5.41, 5.74) is 0. The molecule has 0 radical (unpaired) electrons. The standard InChI is InChI=1S/C15H23N3OS/c1-2-16-15(18-12-13-8-9-13)17-10-11-20(19)14-6-4-3-5-7-14/h3-7,13H,2,8-12H2,1H3,(H2,16,17,18). The van der Waals surface area contributed by atoms with Gasteiger partial charge in [0.05, 0.1) is 10.8 Å². The van der Waals surface area contributed by atoms with Gasteiger partial charge < -0.3 is 10.6 Å². The van der Waals surface area contributed by atoms with Gasteiger partial charge in [-0.05, 0) is 37.8 Å². The molecule has 1 aliphatic carbocycles. The third kappa shape index (κ3) is 5.33. The predicted octanol–water partition coefficient (Wildman–Crippen LogP) is 1.76. The summed E-state index contributed by atoms with van der Waals surface area (Å²) >= 11 is 0. The van der Waals surface area contributed by atoms with Crippen LogP contribution in [0.1, 0.15) is 19.8 Å². The van der Waals surface area contributed by atoms with Crippen LogP contribution in [0.5, 0.6) is 0 Å². The van der Waals surface area contributed by atoms with Crippen molar-refractivity contribution in [3.8, 4) is 0 Å². The summed E-state index contributed by atoms with van der Waals surface area (Å²) in [7, 11) is -0.949. The average molecular weight is 293 g/mol. The number of hydrogen-bond donors (Lipinski definition) is 2. The molecule has 1 aliphatic rings.